The quantitative estimate of drug-likeness (QED) is 0.637. The minimum Gasteiger partial charge on any atom is -0.456 e. The predicted molar refractivity (Wildman–Crippen MR) is 110 cm³/mol. The van der Waals surface area contributed by atoms with Crippen LogP contribution in [0.25, 0.3) is 11.2 Å². The average molecular weight is 426 g/mol. The van der Waals surface area contributed by atoms with E-state index in [0.717, 1.165) is 18.8 Å². The first kappa shape index (κ1) is 18.4. The highest BCUT2D eigenvalue weighted by Gasteiger charge is 2.59. The molecule has 3 aromatic rings. The summed E-state index contributed by atoms with van der Waals surface area (Å²) in [5, 5.41) is 0. The van der Waals surface area contributed by atoms with Crippen molar-refractivity contribution in [2.75, 3.05) is 19.3 Å². The van der Waals surface area contributed by atoms with Crippen LogP contribution in [0.5, 0.6) is 0 Å². The molecule has 6 rings (SSSR count). The van der Waals surface area contributed by atoms with Gasteiger partial charge < -0.3 is 8.83 Å². The molecule has 1 aliphatic carbocycles. The monoisotopic (exact) mass is 426 g/mol. The second-order valence-corrected chi connectivity index (χ2v) is 10.7. The van der Waals surface area contributed by atoms with E-state index < -0.39 is 10.0 Å². The first-order chi connectivity index (χ1) is 14.4. The summed E-state index contributed by atoms with van der Waals surface area (Å²) in [6, 6.07) is 11.7. The smallest absolute Gasteiger partial charge is 0.228 e. The molecule has 0 N–H and O–H groups in total. The van der Waals surface area contributed by atoms with Gasteiger partial charge in [-0.15, -0.1) is 0 Å². The lowest BCUT2D eigenvalue weighted by Gasteiger charge is -2.15. The van der Waals surface area contributed by atoms with Gasteiger partial charge in [0.05, 0.1) is 12.8 Å². The highest BCUT2D eigenvalue weighted by atomic mass is 32.2. The lowest BCUT2D eigenvalue weighted by Crippen LogP contribution is -2.30. The van der Waals surface area contributed by atoms with Crippen molar-refractivity contribution < 1.29 is 17.3 Å². The van der Waals surface area contributed by atoms with E-state index in [4.69, 9.17) is 8.83 Å². The molecule has 8 heteroatoms. The van der Waals surface area contributed by atoms with Gasteiger partial charge in [0.15, 0.2) is 5.58 Å². The molecular weight excluding hydrogens is 404 g/mol. The normalized spacial score (nSPS) is 26.2. The summed E-state index contributed by atoms with van der Waals surface area (Å²) in [5.41, 5.74) is 3.19. The number of hydrogen-bond donors (Lipinski definition) is 0. The number of nitrogens with zero attached hydrogens (tertiary/aromatic N) is 2. The van der Waals surface area contributed by atoms with E-state index in [1.807, 2.05) is 18.2 Å². The zero-order valence-electron chi connectivity index (χ0n) is 16.6. The number of piperidine rings is 1. The van der Waals surface area contributed by atoms with Crippen LogP contribution in [0.1, 0.15) is 28.6 Å². The van der Waals surface area contributed by atoms with Gasteiger partial charge in [0.25, 0.3) is 0 Å². The van der Waals surface area contributed by atoms with Crippen molar-refractivity contribution >= 4 is 21.2 Å². The maximum absolute atomic E-state index is 12.6. The summed E-state index contributed by atoms with van der Waals surface area (Å²) in [5.74, 6) is 2.06. The predicted octanol–water partition coefficient (Wildman–Crippen LogP) is 2.51. The molecule has 1 aromatic carbocycles. The summed E-state index contributed by atoms with van der Waals surface area (Å²) < 4.78 is 36.9. The molecule has 4 heterocycles. The van der Waals surface area contributed by atoms with Gasteiger partial charge in [-0.3, -0.25) is 9.69 Å². The molecule has 0 amide bonds. The van der Waals surface area contributed by atoms with Crippen LogP contribution < -0.4 is 5.43 Å². The van der Waals surface area contributed by atoms with Crippen molar-refractivity contribution in [1.82, 2.24) is 9.21 Å². The van der Waals surface area contributed by atoms with Gasteiger partial charge in [-0.25, -0.2) is 12.7 Å². The van der Waals surface area contributed by atoms with Crippen molar-refractivity contribution in [3.8, 4) is 0 Å². The SMILES string of the molecule is CS(=O)(=O)N1C[C@@H]2C(c3cc4oc(CN5Cc6ccccc6C5)cc(=O)c4o3)[C@@H]2C1. The summed E-state index contributed by atoms with van der Waals surface area (Å²) in [4.78, 5) is 14.9. The molecule has 2 aromatic heterocycles. The molecule has 156 valence electrons. The van der Waals surface area contributed by atoms with E-state index in [-0.39, 0.29) is 28.8 Å². The van der Waals surface area contributed by atoms with Crippen LogP contribution in [-0.4, -0.2) is 37.0 Å². The van der Waals surface area contributed by atoms with E-state index >= 15 is 0 Å². The Labute approximate surface area is 173 Å². The molecule has 1 unspecified atom stereocenters. The number of fused-ring (bicyclic) bond motifs is 3. The Bertz CT molecular complexity index is 1290. The number of benzene rings is 1. The Morgan fingerprint density at radius 2 is 1.70 bits per heavy atom. The third kappa shape index (κ3) is 2.93. The molecule has 2 aliphatic heterocycles. The van der Waals surface area contributed by atoms with Gasteiger partial charge >= 0.3 is 0 Å². The molecular formula is C22H22N2O5S. The topological polar surface area (TPSA) is 84.0 Å². The van der Waals surface area contributed by atoms with Crippen LogP contribution in [0.3, 0.4) is 0 Å². The molecule has 0 bridgehead atoms. The molecule has 0 spiro atoms. The first-order valence-electron chi connectivity index (χ1n) is 10.2. The minimum atomic E-state index is -3.15. The van der Waals surface area contributed by atoms with Crippen molar-refractivity contribution in [2.45, 2.75) is 25.6 Å². The maximum atomic E-state index is 12.6. The van der Waals surface area contributed by atoms with Crippen molar-refractivity contribution in [3.05, 3.63) is 69.3 Å². The minimum absolute atomic E-state index is 0.168. The van der Waals surface area contributed by atoms with Crippen LogP contribution in [0.4, 0.5) is 0 Å². The third-order valence-corrected chi connectivity index (χ3v) is 7.95. The fourth-order valence-corrected chi connectivity index (χ4v) is 6.07. The molecule has 7 nitrogen and oxygen atoms in total. The van der Waals surface area contributed by atoms with Gasteiger partial charge in [-0.2, -0.15) is 0 Å². The Morgan fingerprint density at radius 1 is 1.03 bits per heavy atom. The second-order valence-electron chi connectivity index (χ2n) is 8.77. The number of sulfonamides is 1. The summed E-state index contributed by atoms with van der Waals surface area (Å²) in [7, 11) is -3.15. The van der Waals surface area contributed by atoms with E-state index in [1.165, 1.54) is 27.8 Å². The number of hydrogen-bond acceptors (Lipinski definition) is 6. The van der Waals surface area contributed by atoms with Crippen LogP contribution >= 0.6 is 0 Å². The standard InChI is InChI=1S/C22H22N2O5S/c1-30(26,27)24-11-16-17(12-24)21(16)19-7-20-22(29-19)18(25)6-15(28-20)10-23-8-13-4-2-3-5-14(13)9-23/h2-7,16-17,21H,8-12H2,1H3/t16-,17+,21?. The molecule has 2 fully saturated rings. The average Bonchev–Trinajstić information content (AvgIpc) is 3.11. The van der Waals surface area contributed by atoms with Gasteiger partial charge in [-0.1, -0.05) is 24.3 Å². The van der Waals surface area contributed by atoms with Crippen LogP contribution in [0.15, 0.2) is 50.0 Å². The fraction of sp³-hybridized carbons (Fsp3) is 0.409. The zero-order chi connectivity index (χ0) is 20.6. The van der Waals surface area contributed by atoms with Crippen LogP contribution in [-0.2, 0) is 29.7 Å². The fourth-order valence-electron chi connectivity index (χ4n) is 5.18. The van der Waals surface area contributed by atoms with Crippen LogP contribution in [0.2, 0.25) is 0 Å². The highest BCUT2D eigenvalue weighted by molar-refractivity contribution is 7.88. The van der Waals surface area contributed by atoms with E-state index in [1.54, 1.807) is 0 Å². The van der Waals surface area contributed by atoms with Crippen molar-refractivity contribution in [1.29, 1.82) is 0 Å². The van der Waals surface area contributed by atoms with Gasteiger partial charge in [0.2, 0.25) is 21.0 Å². The van der Waals surface area contributed by atoms with Gasteiger partial charge in [0.1, 0.15) is 11.5 Å². The van der Waals surface area contributed by atoms with E-state index in [9.17, 15) is 13.2 Å². The second kappa shape index (κ2) is 6.29. The molecule has 3 aliphatic rings. The van der Waals surface area contributed by atoms with Crippen LogP contribution in [0, 0.1) is 11.8 Å². The molecule has 30 heavy (non-hydrogen) atoms. The molecule has 1 saturated carbocycles. The zero-order valence-corrected chi connectivity index (χ0v) is 17.4. The van der Waals surface area contributed by atoms with Crippen molar-refractivity contribution in [2.24, 2.45) is 11.8 Å². The number of furan rings is 1. The van der Waals surface area contributed by atoms with E-state index in [2.05, 4.69) is 17.0 Å². The lowest BCUT2D eigenvalue weighted by molar-refractivity contribution is 0.252. The largest absolute Gasteiger partial charge is 0.456 e. The Kier molecular flexibility index (Phi) is 3.85. The van der Waals surface area contributed by atoms with Crippen molar-refractivity contribution in [3.63, 3.8) is 0 Å². The summed E-state index contributed by atoms with van der Waals surface area (Å²) in [6.07, 6.45) is 1.25. The van der Waals surface area contributed by atoms with Gasteiger partial charge in [-0.05, 0) is 23.0 Å². The maximum Gasteiger partial charge on any atom is 0.228 e. The Morgan fingerprint density at radius 3 is 2.33 bits per heavy atom. The summed E-state index contributed by atoms with van der Waals surface area (Å²) in [6.45, 7) is 3.30. The van der Waals surface area contributed by atoms with Gasteiger partial charge in [0, 0.05) is 44.2 Å². The molecule has 1 saturated heterocycles. The van der Waals surface area contributed by atoms with E-state index in [0.29, 0.717) is 31.0 Å². The summed E-state index contributed by atoms with van der Waals surface area (Å²) >= 11 is 0. The Hall–Kier alpha value is -2.42. The molecule has 3 atom stereocenters. The highest BCUT2D eigenvalue weighted by Crippen LogP contribution is 2.59. The first-order valence-corrected chi connectivity index (χ1v) is 12.0. The molecule has 0 radical (unpaired) electrons. The number of rotatable bonds is 4. The lowest BCUT2D eigenvalue weighted by atomic mass is 10.1. The third-order valence-electron chi connectivity index (χ3n) is 6.72. The Balaban J connectivity index is 1.22.